The average Bonchev–Trinajstić information content (AvgIpc) is 2.75. The van der Waals surface area contributed by atoms with Crippen LogP contribution in [0.4, 0.5) is 10.1 Å². The van der Waals surface area contributed by atoms with Gasteiger partial charge in [-0.15, -0.1) is 0 Å². The molecule has 0 fully saturated rings. The number of halogens is 2. The van der Waals surface area contributed by atoms with Crippen molar-refractivity contribution in [1.82, 2.24) is 14.5 Å². The summed E-state index contributed by atoms with van der Waals surface area (Å²) in [5.74, 6) is -0.779. The van der Waals surface area contributed by atoms with Crippen molar-refractivity contribution in [1.29, 1.82) is 0 Å². The number of carbonyl (C=O) groups is 1. The Morgan fingerprint density at radius 2 is 1.88 bits per heavy atom. The summed E-state index contributed by atoms with van der Waals surface area (Å²) in [5.41, 5.74) is 0.794. The van der Waals surface area contributed by atoms with Gasteiger partial charge in [-0.25, -0.2) is 9.37 Å². The van der Waals surface area contributed by atoms with Gasteiger partial charge >= 0.3 is 0 Å². The third-order valence-corrected chi connectivity index (χ3v) is 6.56. The Kier molecular flexibility index (Phi) is 8.51. The van der Waals surface area contributed by atoms with Crippen LogP contribution in [0.2, 0.25) is 5.02 Å². The van der Waals surface area contributed by atoms with Crippen LogP contribution >= 0.6 is 23.4 Å². The molecule has 0 saturated heterocycles. The first-order chi connectivity index (χ1) is 15.7. The molecule has 3 rings (SSSR count). The van der Waals surface area contributed by atoms with E-state index in [0.717, 1.165) is 6.07 Å². The molecule has 176 valence electrons. The summed E-state index contributed by atoms with van der Waals surface area (Å²) in [6.45, 7) is 9.65. The quantitative estimate of drug-likeness (QED) is 0.336. The van der Waals surface area contributed by atoms with E-state index in [1.165, 1.54) is 23.9 Å². The van der Waals surface area contributed by atoms with Gasteiger partial charge in [0.2, 0.25) is 5.91 Å². The number of anilines is 1. The normalized spacial score (nSPS) is 11.7. The molecule has 2 aromatic carbocycles. The van der Waals surface area contributed by atoms with Crippen molar-refractivity contribution >= 4 is 45.9 Å². The van der Waals surface area contributed by atoms with Crippen LogP contribution in [0.15, 0.2) is 52.4 Å². The topological polar surface area (TPSA) is 67.2 Å². The number of thioether (sulfide) groups is 1. The molecule has 0 unspecified atom stereocenters. The molecule has 1 amide bonds. The third kappa shape index (κ3) is 6.34. The maximum absolute atomic E-state index is 13.3. The number of nitrogens with zero attached hydrogens (tertiary/aromatic N) is 3. The molecule has 0 aliphatic heterocycles. The summed E-state index contributed by atoms with van der Waals surface area (Å²) in [7, 11) is 0. The summed E-state index contributed by atoms with van der Waals surface area (Å²) in [6, 6.07) is 11.6. The first kappa shape index (κ1) is 25.2. The summed E-state index contributed by atoms with van der Waals surface area (Å²) in [5, 5.41) is 3.82. The Bertz CT molecular complexity index is 1190. The van der Waals surface area contributed by atoms with Crippen LogP contribution in [-0.2, 0) is 11.3 Å². The van der Waals surface area contributed by atoms with E-state index in [9.17, 15) is 14.0 Å². The molecule has 33 heavy (non-hydrogen) atoms. The van der Waals surface area contributed by atoms with E-state index in [1.54, 1.807) is 16.7 Å². The van der Waals surface area contributed by atoms with Gasteiger partial charge in [0.15, 0.2) is 5.16 Å². The number of benzene rings is 2. The van der Waals surface area contributed by atoms with Gasteiger partial charge in [-0.1, -0.05) is 35.5 Å². The van der Waals surface area contributed by atoms with Crippen molar-refractivity contribution in [2.24, 2.45) is 0 Å². The molecular weight excluding hydrogens is 463 g/mol. The van der Waals surface area contributed by atoms with Crippen LogP contribution in [-0.4, -0.2) is 44.7 Å². The zero-order chi connectivity index (χ0) is 24.1. The molecule has 0 aliphatic carbocycles. The van der Waals surface area contributed by atoms with E-state index in [1.807, 2.05) is 12.1 Å². The van der Waals surface area contributed by atoms with E-state index in [-0.39, 0.29) is 22.2 Å². The van der Waals surface area contributed by atoms with E-state index in [4.69, 9.17) is 11.6 Å². The molecule has 6 nitrogen and oxygen atoms in total. The highest BCUT2D eigenvalue weighted by Gasteiger charge is 2.17. The Morgan fingerprint density at radius 1 is 1.18 bits per heavy atom. The van der Waals surface area contributed by atoms with Crippen LogP contribution < -0.4 is 10.9 Å². The molecule has 9 heteroatoms. The highest BCUT2D eigenvalue weighted by atomic mass is 35.5. The average molecular weight is 491 g/mol. The number of aromatic nitrogens is 2. The van der Waals surface area contributed by atoms with Crippen molar-refractivity contribution in [3.8, 4) is 0 Å². The van der Waals surface area contributed by atoms with E-state index < -0.39 is 5.82 Å². The molecule has 0 atom stereocenters. The Balaban J connectivity index is 1.83. The van der Waals surface area contributed by atoms with Gasteiger partial charge < -0.3 is 5.32 Å². The number of carbonyl (C=O) groups excluding carboxylic acids is 1. The van der Waals surface area contributed by atoms with Crippen molar-refractivity contribution in [2.75, 3.05) is 17.6 Å². The second kappa shape index (κ2) is 11.1. The number of hydrogen-bond donors (Lipinski definition) is 1. The molecule has 0 bridgehead atoms. The maximum Gasteiger partial charge on any atom is 0.262 e. The predicted octanol–water partition coefficient (Wildman–Crippen LogP) is 5.04. The van der Waals surface area contributed by atoms with Crippen molar-refractivity contribution in [3.63, 3.8) is 0 Å². The Morgan fingerprint density at radius 3 is 2.55 bits per heavy atom. The van der Waals surface area contributed by atoms with Crippen LogP contribution in [0.1, 0.15) is 27.7 Å². The molecule has 0 aliphatic rings. The van der Waals surface area contributed by atoms with Gasteiger partial charge in [-0.05, 0) is 58.0 Å². The van der Waals surface area contributed by atoms with E-state index in [0.29, 0.717) is 46.9 Å². The van der Waals surface area contributed by atoms with E-state index >= 15 is 0 Å². The lowest BCUT2D eigenvalue weighted by Crippen LogP contribution is -2.40. The zero-order valence-electron chi connectivity index (χ0n) is 19.1. The number of para-hydroxylation sites is 1. The predicted molar refractivity (Wildman–Crippen MR) is 134 cm³/mol. The van der Waals surface area contributed by atoms with Crippen molar-refractivity contribution in [2.45, 2.75) is 51.5 Å². The minimum absolute atomic E-state index is 0.0244. The fourth-order valence-electron chi connectivity index (χ4n) is 3.69. The lowest BCUT2D eigenvalue weighted by atomic mass is 10.2. The molecule has 1 aromatic heterocycles. The van der Waals surface area contributed by atoms with E-state index in [2.05, 4.69) is 42.9 Å². The number of amides is 1. The highest BCUT2D eigenvalue weighted by Crippen LogP contribution is 2.24. The SMILES string of the molecule is CC(C)N(CCn1c(SCC(=O)Nc2ccc(F)cc2Cl)nc2ccccc2c1=O)C(C)C. The number of nitrogens with one attached hydrogen (secondary N) is 1. The van der Waals surface area contributed by atoms with Gasteiger partial charge in [0.1, 0.15) is 5.82 Å². The molecule has 0 spiro atoms. The summed E-state index contributed by atoms with van der Waals surface area (Å²) < 4.78 is 14.9. The largest absolute Gasteiger partial charge is 0.324 e. The standard InChI is InChI=1S/C24H28ClFN4O2S/c1-15(2)29(16(3)4)11-12-30-23(32)18-7-5-6-8-20(18)28-24(30)33-14-22(31)27-21-10-9-17(26)13-19(21)25/h5-10,13,15-16H,11-12,14H2,1-4H3,(H,27,31). The van der Waals surface area contributed by atoms with Crippen LogP contribution in [0.25, 0.3) is 10.9 Å². The number of hydrogen-bond acceptors (Lipinski definition) is 5. The van der Waals surface area contributed by atoms with Gasteiger partial charge in [0, 0.05) is 25.2 Å². The summed E-state index contributed by atoms with van der Waals surface area (Å²) in [4.78, 5) is 32.7. The molecule has 0 saturated carbocycles. The summed E-state index contributed by atoms with van der Waals surface area (Å²) in [6.07, 6.45) is 0. The lowest BCUT2D eigenvalue weighted by molar-refractivity contribution is -0.113. The molecule has 0 radical (unpaired) electrons. The Hall–Kier alpha value is -2.42. The smallest absolute Gasteiger partial charge is 0.262 e. The van der Waals surface area contributed by atoms with Crippen molar-refractivity contribution < 1.29 is 9.18 Å². The second-order valence-corrected chi connectivity index (χ2v) is 9.60. The molecular formula is C24H28ClFN4O2S. The van der Waals surface area contributed by atoms with Crippen LogP contribution in [0.3, 0.4) is 0 Å². The van der Waals surface area contributed by atoms with Gasteiger partial charge in [-0.3, -0.25) is 19.1 Å². The fraction of sp³-hybridized carbons (Fsp3) is 0.375. The highest BCUT2D eigenvalue weighted by molar-refractivity contribution is 7.99. The van der Waals surface area contributed by atoms with Gasteiger partial charge in [0.25, 0.3) is 5.56 Å². The number of rotatable bonds is 9. The lowest BCUT2D eigenvalue weighted by Gasteiger charge is -2.30. The van der Waals surface area contributed by atoms with Gasteiger partial charge in [0.05, 0.1) is 27.4 Å². The Labute approximate surface area is 202 Å². The number of fused-ring (bicyclic) bond motifs is 1. The summed E-state index contributed by atoms with van der Waals surface area (Å²) >= 11 is 7.19. The first-order valence-corrected chi connectivity index (χ1v) is 12.2. The monoisotopic (exact) mass is 490 g/mol. The second-order valence-electron chi connectivity index (χ2n) is 8.25. The molecule has 3 aromatic rings. The molecule has 1 heterocycles. The van der Waals surface area contributed by atoms with Gasteiger partial charge in [-0.2, -0.15) is 0 Å². The van der Waals surface area contributed by atoms with Crippen LogP contribution in [0.5, 0.6) is 0 Å². The fourth-order valence-corrected chi connectivity index (χ4v) is 4.73. The van der Waals surface area contributed by atoms with Crippen molar-refractivity contribution in [3.05, 3.63) is 63.7 Å². The van der Waals surface area contributed by atoms with Crippen LogP contribution in [0, 0.1) is 5.82 Å². The molecule has 1 N–H and O–H groups in total. The maximum atomic E-state index is 13.3. The minimum Gasteiger partial charge on any atom is -0.324 e. The zero-order valence-corrected chi connectivity index (χ0v) is 20.7. The minimum atomic E-state index is -0.478. The third-order valence-electron chi connectivity index (χ3n) is 5.27. The first-order valence-electron chi connectivity index (χ1n) is 10.8.